The van der Waals surface area contributed by atoms with Crippen LogP contribution in [0.3, 0.4) is 0 Å². The summed E-state index contributed by atoms with van der Waals surface area (Å²) in [5, 5.41) is 3.33. The van der Waals surface area contributed by atoms with Crippen molar-refractivity contribution in [1.29, 1.82) is 0 Å². The molecule has 0 aliphatic carbocycles. The third kappa shape index (κ3) is 4.43. The molecule has 3 N–H and O–H groups in total. The first-order chi connectivity index (χ1) is 12.9. The van der Waals surface area contributed by atoms with Gasteiger partial charge in [0, 0.05) is 24.5 Å². The molecule has 0 bridgehead atoms. The van der Waals surface area contributed by atoms with Crippen molar-refractivity contribution in [2.75, 3.05) is 5.32 Å². The number of carbonyl (C=O) groups excluding carboxylic acids is 1. The number of carbonyl (C=O) groups is 1. The first kappa shape index (κ1) is 18.8. The van der Waals surface area contributed by atoms with Crippen molar-refractivity contribution in [2.45, 2.75) is 25.8 Å². The second-order valence-electron chi connectivity index (χ2n) is 6.40. The van der Waals surface area contributed by atoms with Crippen molar-refractivity contribution >= 4 is 34.6 Å². The van der Waals surface area contributed by atoms with Crippen LogP contribution in [-0.4, -0.2) is 21.0 Å². The summed E-state index contributed by atoms with van der Waals surface area (Å²) in [5.41, 5.74) is 7.95. The largest absolute Gasteiger partial charge is 0.378 e. The van der Waals surface area contributed by atoms with E-state index in [2.05, 4.69) is 26.9 Å². The zero-order chi connectivity index (χ0) is 19.4. The Morgan fingerprint density at radius 2 is 2.19 bits per heavy atom. The van der Waals surface area contributed by atoms with Gasteiger partial charge in [-0.3, -0.25) is 14.8 Å². The summed E-state index contributed by atoms with van der Waals surface area (Å²) in [7, 11) is 0. The summed E-state index contributed by atoms with van der Waals surface area (Å²) in [6.07, 6.45) is 7.79. The molecule has 7 heteroatoms. The second-order valence-corrected chi connectivity index (χ2v) is 7.60. The van der Waals surface area contributed by atoms with Crippen LogP contribution in [0.25, 0.3) is 6.08 Å². The SMILES string of the molecule is C=C1C[C@@](C)(c2cc(NC(=O)c3ccc(/C=C/C)cn3)ccn2)N=C(N)S1. The fourth-order valence-corrected chi connectivity index (χ4v) is 3.75. The molecule has 0 spiro atoms. The van der Waals surface area contributed by atoms with Gasteiger partial charge in [0.2, 0.25) is 0 Å². The maximum atomic E-state index is 12.5. The van der Waals surface area contributed by atoms with Crippen LogP contribution in [0.1, 0.15) is 42.0 Å². The summed E-state index contributed by atoms with van der Waals surface area (Å²) < 4.78 is 0. The number of nitrogens with one attached hydrogen (secondary N) is 1. The molecule has 1 aliphatic rings. The number of aliphatic imine (C=N–C) groups is 1. The number of amidine groups is 1. The molecule has 3 heterocycles. The molecule has 0 unspecified atom stereocenters. The maximum Gasteiger partial charge on any atom is 0.274 e. The number of rotatable bonds is 4. The molecule has 0 saturated carbocycles. The molecule has 1 atom stereocenters. The van der Waals surface area contributed by atoms with E-state index in [1.54, 1.807) is 24.5 Å². The van der Waals surface area contributed by atoms with Gasteiger partial charge in [0.1, 0.15) is 11.2 Å². The molecule has 6 nitrogen and oxygen atoms in total. The van der Waals surface area contributed by atoms with Crippen molar-refractivity contribution in [2.24, 2.45) is 10.7 Å². The Bertz CT molecular complexity index is 936. The predicted octanol–water partition coefficient (Wildman–Crippen LogP) is 3.94. The lowest BCUT2D eigenvalue weighted by Crippen LogP contribution is -2.28. The van der Waals surface area contributed by atoms with E-state index < -0.39 is 5.54 Å². The number of nitrogens with zero attached hydrogens (tertiary/aromatic N) is 3. The van der Waals surface area contributed by atoms with Gasteiger partial charge >= 0.3 is 0 Å². The zero-order valence-electron chi connectivity index (χ0n) is 15.3. The van der Waals surface area contributed by atoms with Gasteiger partial charge in [-0.2, -0.15) is 0 Å². The summed E-state index contributed by atoms with van der Waals surface area (Å²) in [6.45, 7) is 7.90. The van der Waals surface area contributed by atoms with Crippen molar-refractivity contribution in [3.63, 3.8) is 0 Å². The Balaban J connectivity index is 1.80. The molecule has 2 aromatic heterocycles. The van der Waals surface area contributed by atoms with E-state index in [1.807, 2.05) is 38.1 Å². The Morgan fingerprint density at radius 1 is 1.37 bits per heavy atom. The molecule has 3 rings (SSSR count). The van der Waals surface area contributed by atoms with Crippen molar-refractivity contribution in [1.82, 2.24) is 9.97 Å². The number of amides is 1. The Kier molecular flexibility index (Phi) is 5.41. The third-order valence-electron chi connectivity index (χ3n) is 4.09. The minimum Gasteiger partial charge on any atom is -0.378 e. The standard InChI is InChI=1S/C20H21N5OS/c1-4-5-14-6-7-16(23-12-14)18(26)24-15-8-9-22-17(10-15)20(3)11-13(2)27-19(21)25-20/h4-10,12H,2,11H2,1,3H3,(H2,21,25)(H,22,24,26)/b5-4+/t20-/m0/s1. The van der Waals surface area contributed by atoms with E-state index in [0.29, 0.717) is 23.0 Å². The molecule has 1 amide bonds. The summed E-state index contributed by atoms with van der Waals surface area (Å²) in [6, 6.07) is 7.09. The first-order valence-corrected chi connectivity index (χ1v) is 9.29. The fraction of sp³-hybridized carbons (Fsp3) is 0.200. The quantitative estimate of drug-likeness (QED) is 0.839. The maximum absolute atomic E-state index is 12.5. The predicted molar refractivity (Wildman–Crippen MR) is 111 cm³/mol. The van der Waals surface area contributed by atoms with Crippen LogP contribution in [0.4, 0.5) is 5.69 Å². The van der Waals surface area contributed by atoms with E-state index >= 15 is 0 Å². The Morgan fingerprint density at radius 3 is 2.85 bits per heavy atom. The van der Waals surface area contributed by atoms with Gasteiger partial charge < -0.3 is 11.1 Å². The number of allylic oxidation sites excluding steroid dienone is 1. The first-order valence-electron chi connectivity index (χ1n) is 8.47. The molecule has 0 aromatic carbocycles. The van der Waals surface area contributed by atoms with E-state index in [4.69, 9.17) is 5.73 Å². The van der Waals surface area contributed by atoms with Crippen LogP contribution in [0.5, 0.6) is 0 Å². The van der Waals surface area contributed by atoms with Gasteiger partial charge in [-0.05, 0) is 42.5 Å². The molecular formula is C20H21N5OS. The minimum absolute atomic E-state index is 0.282. The third-order valence-corrected chi connectivity index (χ3v) is 4.83. The molecular weight excluding hydrogens is 358 g/mol. The molecule has 0 saturated heterocycles. The smallest absolute Gasteiger partial charge is 0.274 e. The zero-order valence-corrected chi connectivity index (χ0v) is 16.1. The van der Waals surface area contributed by atoms with Crippen molar-refractivity contribution < 1.29 is 4.79 Å². The average Bonchev–Trinajstić information content (AvgIpc) is 2.62. The van der Waals surface area contributed by atoms with Crippen molar-refractivity contribution in [3.8, 4) is 0 Å². The van der Waals surface area contributed by atoms with E-state index in [1.165, 1.54) is 11.8 Å². The molecule has 0 fully saturated rings. The topological polar surface area (TPSA) is 93.3 Å². The van der Waals surface area contributed by atoms with Gasteiger partial charge in [-0.25, -0.2) is 4.99 Å². The number of hydrogen-bond acceptors (Lipinski definition) is 6. The molecule has 0 radical (unpaired) electrons. The number of nitrogens with two attached hydrogens (primary N) is 1. The van der Waals surface area contributed by atoms with Gasteiger partial charge in [-0.1, -0.05) is 36.6 Å². The van der Waals surface area contributed by atoms with Gasteiger partial charge in [-0.15, -0.1) is 0 Å². The summed E-state index contributed by atoms with van der Waals surface area (Å²) in [4.78, 5) is 26.6. The highest BCUT2D eigenvalue weighted by molar-refractivity contribution is 8.17. The Hall–Kier alpha value is -2.93. The lowest BCUT2D eigenvalue weighted by molar-refractivity contribution is 0.102. The van der Waals surface area contributed by atoms with Crippen LogP contribution in [0.15, 0.2) is 59.2 Å². The minimum atomic E-state index is -0.598. The van der Waals surface area contributed by atoms with Crippen LogP contribution in [0, 0.1) is 0 Å². The number of hydrogen-bond donors (Lipinski definition) is 2. The number of thioether (sulfide) groups is 1. The van der Waals surface area contributed by atoms with Gasteiger partial charge in [0.15, 0.2) is 5.17 Å². The number of pyridine rings is 2. The average molecular weight is 379 g/mol. The van der Waals surface area contributed by atoms with Crippen LogP contribution in [0.2, 0.25) is 0 Å². The second kappa shape index (κ2) is 7.75. The molecule has 1 aliphatic heterocycles. The Labute approximate surface area is 162 Å². The lowest BCUT2D eigenvalue weighted by Gasteiger charge is -2.30. The highest BCUT2D eigenvalue weighted by Crippen LogP contribution is 2.39. The number of aromatic nitrogens is 2. The monoisotopic (exact) mass is 379 g/mol. The van der Waals surface area contributed by atoms with Crippen LogP contribution < -0.4 is 11.1 Å². The highest BCUT2D eigenvalue weighted by Gasteiger charge is 2.32. The highest BCUT2D eigenvalue weighted by atomic mass is 32.2. The molecule has 27 heavy (non-hydrogen) atoms. The van der Waals surface area contributed by atoms with Gasteiger partial charge in [0.05, 0.1) is 5.69 Å². The van der Waals surface area contributed by atoms with Crippen LogP contribution in [-0.2, 0) is 5.54 Å². The van der Waals surface area contributed by atoms with Crippen LogP contribution >= 0.6 is 11.8 Å². The normalized spacial score (nSPS) is 19.8. The molecule has 138 valence electrons. The van der Waals surface area contributed by atoms with E-state index in [-0.39, 0.29) is 5.91 Å². The van der Waals surface area contributed by atoms with E-state index in [0.717, 1.165) is 16.2 Å². The molecule has 2 aromatic rings. The summed E-state index contributed by atoms with van der Waals surface area (Å²) >= 11 is 1.38. The lowest BCUT2D eigenvalue weighted by atomic mass is 9.93. The number of anilines is 1. The summed E-state index contributed by atoms with van der Waals surface area (Å²) in [5.74, 6) is -0.282. The van der Waals surface area contributed by atoms with Gasteiger partial charge in [0.25, 0.3) is 5.91 Å². The fourth-order valence-electron chi connectivity index (χ4n) is 2.85. The van der Waals surface area contributed by atoms with E-state index in [9.17, 15) is 4.79 Å². The van der Waals surface area contributed by atoms with Crippen molar-refractivity contribution in [3.05, 3.63) is 71.2 Å².